The second-order valence-electron chi connectivity index (χ2n) is 5.45. The molecule has 1 aromatic heterocycles. The predicted octanol–water partition coefficient (Wildman–Crippen LogP) is 1.06. The minimum absolute atomic E-state index is 0.0249. The highest BCUT2D eigenvalue weighted by molar-refractivity contribution is 6.00. The van der Waals surface area contributed by atoms with Crippen molar-refractivity contribution in [1.82, 2.24) is 14.7 Å². The predicted molar refractivity (Wildman–Crippen MR) is 75.2 cm³/mol. The molecule has 1 atom stereocenters. The molecule has 6 heteroatoms. The first-order valence-electron chi connectivity index (χ1n) is 6.90. The van der Waals surface area contributed by atoms with Crippen LogP contribution in [0.5, 0.6) is 5.75 Å². The van der Waals surface area contributed by atoms with Crippen LogP contribution in [0.1, 0.15) is 23.3 Å². The Kier molecular flexibility index (Phi) is 4.77. The number of nitrogens with zero attached hydrogens (tertiary/aromatic N) is 3. The number of ether oxygens (including phenoxy) is 2. The zero-order valence-electron chi connectivity index (χ0n) is 12.6. The van der Waals surface area contributed by atoms with Crippen LogP contribution in [0, 0.1) is 5.92 Å². The molecule has 0 saturated heterocycles. The normalized spacial score (nSPS) is 16.4. The van der Waals surface area contributed by atoms with Gasteiger partial charge in [-0.05, 0) is 32.9 Å². The first-order chi connectivity index (χ1) is 9.58. The van der Waals surface area contributed by atoms with Crippen LogP contribution in [0.25, 0.3) is 0 Å². The lowest BCUT2D eigenvalue weighted by Gasteiger charge is -2.16. The van der Waals surface area contributed by atoms with Crippen molar-refractivity contribution < 1.29 is 14.3 Å². The van der Waals surface area contributed by atoms with E-state index in [0.29, 0.717) is 23.9 Å². The van der Waals surface area contributed by atoms with Gasteiger partial charge >= 0.3 is 0 Å². The van der Waals surface area contributed by atoms with Crippen LogP contribution in [0.2, 0.25) is 0 Å². The SMILES string of the molecule is COc1cnn(CCN(C)C)c1C(=O)C(OC)C1CC1. The van der Waals surface area contributed by atoms with E-state index in [1.54, 1.807) is 25.1 Å². The Morgan fingerprint density at radius 1 is 1.50 bits per heavy atom. The minimum atomic E-state index is -0.376. The average molecular weight is 281 g/mol. The smallest absolute Gasteiger partial charge is 0.213 e. The number of carbonyl (C=O) groups is 1. The van der Waals surface area contributed by atoms with Gasteiger partial charge in [0.2, 0.25) is 5.78 Å². The number of hydrogen-bond acceptors (Lipinski definition) is 5. The van der Waals surface area contributed by atoms with E-state index in [-0.39, 0.29) is 11.9 Å². The molecule has 1 unspecified atom stereocenters. The third kappa shape index (κ3) is 3.19. The second-order valence-corrected chi connectivity index (χ2v) is 5.45. The van der Waals surface area contributed by atoms with Crippen molar-refractivity contribution >= 4 is 5.78 Å². The molecule has 0 aliphatic heterocycles. The molecule has 1 aromatic rings. The van der Waals surface area contributed by atoms with Gasteiger partial charge in [0.25, 0.3) is 0 Å². The van der Waals surface area contributed by atoms with Gasteiger partial charge in [-0.15, -0.1) is 0 Å². The first-order valence-corrected chi connectivity index (χ1v) is 6.90. The molecule has 2 rings (SSSR count). The number of carbonyl (C=O) groups excluding carboxylic acids is 1. The van der Waals surface area contributed by atoms with E-state index in [1.165, 1.54) is 0 Å². The number of ketones is 1. The van der Waals surface area contributed by atoms with Gasteiger partial charge in [-0.3, -0.25) is 9.48 Å². The molecule has 0 aromatic carbocycles. The fraction of sp³-hybridized carbons (Fsp3) is 0.714. The van der Waals surface area contributed by atoms with Crippen LogP contribution in [-0.4, -0.2) is 61.4 Å². The van der Waals surface area contributed by atoms with Crippen LogP contribution >= 0.6 is 0 Å². The Hall–Kier alpha value is -1.40. The maximum atomic E-state index is 12.7. The van der Waals surface area contributed by atoms with Crippen LogP contribution < -0.4 is 4.74 Å². The first kappa shape index (κ1) is 15.0. The second kappa shape index (κ2) is 6.37. The van der Waals surface area contributed by atoms with Crippen molar-refractivity contribution in [3.63, 3.8) is 0 Å². The highest BCUT2D eigenvalue weighted by atomic mass is 16.5. The van der Waals surface area contributed by atoms with E-state index >= 15 is 0 Å². The molecule has 1 aliphatic rings. The summed E-state index contributed by atoms with van der Waals surface area (Å²) in [5.74, 6) is 0.842. The lowest BCUT2D eigenvalue weighted by Crippen LogP contribution is -2.29. The number of likely N-dealkylation sites (N-methyl/N-ethyl adjacent to an activating group) is 1. The summed E-state index contributed by atoms with van der Waals surface area (Å²) in [4.78, 5) is 14.7. The van der Waals surface area contributed by atoms with E-state index in [1.807, 2.05) is 14.1 Å². The Balaban J connectivity index is 2.22. The number of Topliss-reactive ketones (excluding diaryl/α,β-unsaturated/α-hetero) is 1. The van der Waals surface area contributed by atoms with Gasteiger partial charge in [0.05, 0.1) is 19.9 Å². The van der Waals surface area contributed by atoms with Crippen molar-refractivity contribution in [3.8, 4) is 5.75 Å². The van der Waals surface area contributed by atoms with Gasteiger partial charge in [0, 0.05) is 13.7 Å². The van der Waals surface area contributed by atoms with Gasteiger partial charge in [-0.2, -0.15) is 5.10 Å². The van der Waals surface area contributed by atoms with Crippen molar-refractivity contribution in [2.75, 3.05) is 34.9 Å². The molecule has 1 aliphatic carbocycles. The molecule has 0 amide bonds. The van der Waals surface area contributed by atoms with Crippen LogP contribution in [-0.2, 0) is 11.3 Å². The number of hydrogen-bond donors (Lipinski definition) is 0. The maximum absolute atomic E-state index is 12.7. The van der Waals surface area contributed by atoms with E-state index in [4.69, 9.17) is 9.47 Å². The molecule has 112 valence electrons. The Morgan fingerprint density at radius 3 is 2.70 bits per heavy atom. The molecule has 1 heterocycles. The van der Waals surface area contributed by atoms with Crippen molar-refractivity contribution in [3.05, 3.63) is 11.9 Å². The molecule has 0 radical (unpaired) electrons. The molecule has 1 fully saturated rings. The van der Waals surface area contributed by atoms with Crippen LogP contribution in [0.15, 0.2) is 6.20 Å². The summed E-state index contributed by atoms with van der Waals surface area (Å²) in [7, 11) is 7.13. The van der Waals surface area contributed by atoms with Crippen molar-refractivity contribution in [1.29, 1.82) is 0 Å². The molecule has 0 N–H and O–H groups in total. The fourth-order valence-electron chi connectivity index (χ4n) is 2.28. The summed E-state index contributed by atoms with van der Waals surface area (Å²) in [5, 5.41) is 4.27. The summed E-state index contributed by atoms with van der Waals surface area (Å²) < 4.78 is 12.4. The van der Waals surface area contributed by atoms with Gasteiger partial charge in [0.1, 0.15) is 11.8 Å². The summed E-state index contributed by atoms with van der Waals surface area (Å²) in [5.41, 5.74) is 0.521. The van der Waals surface area contributed by atoms with Gasteiger partial charge in [-0.1, -0.05) is 0 Å². The Morgan fingerprint density at radius 2 is 2.20 bits per heavy atom. The quantitative estimate of drug-likeness (QED) is 0.667. The maximum Gasteiger partial charge on any atom is 0.213 e. The zero-order chi connectivity index (χ0) is 14.7. The standard InChI is InChI=1S/C14H23N3O3/c1-16(2)7-8-17-12(11(19-3)9-15-17)13(18)14(20-4)10-5-6-10/h9-10,14H,5-8H2,1-4H3. The van der Waals surface area contributed by atoms with Gasteiger partial charge in [-0.25, -0.2) is 0 Å². The minimum Gasteiger partial charge on any atom is -0.493 e. The molecule has 1 saturated carbocycles. The van der Waals surface area contributed by atoms with E-state index in [0.717, 1.165) is 19.4 Å². The molecule has 0 bridgehead atoms. The fourth-order valence-corrected chi connectivity index (χ4v) is 2.28. The van der Waals surface area contributed by atoms with Crippen LogP contribution in [0.4, 0.5) is 0 Å². The number of rotatable bonds is 8. The number of methoxy groups -OCH3 is 2. The van der Waals surface area contributed by atoms with Crippen molar-refractivity contribution in [2.45, 2.75) is 25.5 Å². The summed E-state index contributed by atoms with van der Waals surface area (Å²) in [6.07, 6.45) is 3.33. The lowest BCUT2D eigenvalue weighted by molar-refractivity contribution is 0.0525. The van der Waals surface area contributed by atoms with E-state index in [9.17, 15) is 4.79 Å². The Labute approximate surface area is 119 Å². The third-order valence-electron chi connectivity index (χ3n) is 3.58. The highest BCUT2D eigenvalue weighted by Crippen LogP contribution is 2.36. The topological polar surface area (TPSA) is 56.6 Å². The average Bonchev–Trinajstić information content (AvgIpc) is 3.16. The number of aromatic nitrogens is 2. The summed E-state index contributed by atoms with van der Waals surface area (Å²) in [6, 6.07) is 0. The largest absolute Gasteiger partial charge is 0.493 e. The highest BCUT2D eigenvalue weighted by Gasteiger charge is 2.39. The van der Waals surface area contributed by atoms with Crippen molar-refractivity contribution in [2.24, 2.45) is 5.92 Å². The molecular formula is C14H23N3O3. The molecular weight excluding hydrogens is 258 g/mol. The third-order valence-corrected chi connectivity index (χ3v) is 3.58. The van der Waals surface area contributed by atoms with E-state index in [2.05, 4.69) is 10.00 Å². The van der Waals surface area contributed by atoms with Gasteiger partial charge in [0.15, 0.2) is 5.75 Å². The molecule has 0 spiro atoms. The lowest BCUT2D eigenvalue weighted by atomic mass is 10.1. The van der Waals surface area contributed by atoms with Crippen LogP contribution in [0.3, 0.4) is 0 Å². The molecule has 20 heavy (non-hydrogen) atoms. The zero-order valence-corrected chi connectivity index (χ0v) is 12.6. The summed E-state index contributed by atoms with van der Waals surface area (Å²) >= 11 is 0. The monoisotopic (exact) mass is 281 g/mol. The summed E-state index contributed by atoms with van der Waals surface area (Å²) in [6.45, 7) is 1.46. The molecule has 6 nitrogen and oxygen atoms in total. The van der Waals surface area contributed by atoms with Gasteiger partial charge < -0.3 is 14.4 Å². The van der Waals surface area contributed by atoms with E-state index < -0.39 is 0 Å². The Bertz CT molecular complexity index is 466.